The Morgan fingerprint density at radius 1 is 0.929 bits per heavy atom. The van der Waals surface area contributed by atoms with Crippen LogP contribution in [0.5, 0.6) is 0 Å². The third-order valence-electron chi connectivity index (χ3n) is 3.07. The molecular formula is C13H29N. The van der Waals surface area contributed by atoms with Crippen molar-refractivity contribution in [1.82, 2.24) is 4.90 Å². The van der Waals surface area contributed by atoms with Crippen LogP contribution in [-0.4, -0.2) is 23.5 Å². The van der Waals surface area contributed by atoms with E-state index in [9.17, 15) is 0 Å². The van der Waals surface area contributed by atoms with Gasteiger partial charge in [0.05, 0.1) is 0 Å². The second-order valence-electron chi connectivity index (χ2n) is 5.82. The summed E-state index contributed by atoms with van der Waals surface area (Å²) in [6, 6.07) is 0. The molecule has 1 aliphatic heterocycles. The number of hydrogen-bond acceptors (Lipinski definition) is 1. The zero-order chi connectivity index (χ0) is 11.4. The molecule has 1 fully saturated rings. The fourth-order valence-corrected chi connectivity index (χ4v) is 1.78. The van der Waals surface area contributed by atoms with E-state index in [0.717, 1.165) is 0 Å². The highest BCUT2D eigenvalue weighted by atomic mass is 15.2. The van der Waals surface area contributed by atoms with Gasteiger partial charge in [-0.3, -0.25) is 4.90 Å². The van der Waals surface area contributed by atoms with E-state index < -0.39 is 0 Å². The second-order valence-corrected chi connectivity index (χ2v) is 5.82. The first-order chi connectivity index (χ1) is 6.31. The van der Waals surface area contributed by atoms with Crippen molar-refractivity contribution in [3.8, 4) is 0 Å². The summed E-state index contributed by atoms with van der Waals surface area (Å²) in [5, 5.41) is 0. The van der Waals surface area contributed by atoms with Crippen LogP contribution in [0.3, 0.4) is 0 Å². The summed E-state index contributed by atoms with van der Waals surface area (Å²) in [4.78, 5) is 2.60. The highest BCUT2D eigenvalue weighted by Gasteiger charge is 2.30. The summed E-state index contributed by atoms with van der Waals surface area (Å²) < 4.78 is 0. The zero-order valence-electron chi connectivity index (χ0n) is 11.3. The minimum atomic E-state index is 0.372. The Kier molecular flexibility index (Phi) is 5.14. The Morgan fingerprint density at radius 2 is 1.29 bits per heavy atom. The van der Waals surface area contributed by atoms with E-state index in [1.165, 1.54) is 25.9 Å². The van der Waals surface area contributed by atoms with Crippen LogP contribution in [0.2, 0.25) is 0 Å². The van der Waals surface area contributed by atoms with Gasteiger partial charge in [-0.15, -0.1) is 0 Å². The van der Waals surface area contributed by atoms with Gasteiger partial charge in [0.1, 0.15) is 0 Å². The van der Waals surface area contributed by atoms with Gasteiger partial charge in [-0.25, -0.2) is 0 Å². The standard InChI is InChI=1S/C11H23N.C2H6/c1-10(2,3)12-8-6-11(4,5)7-9-12;1-2/h6-9H2,1-5H3;1-2H3. The van der Waals surface area contributed by atoms with Crippen LogP contribution in [0.15, 0.2) is 0 Å². The van der Waals surface area contributed by atoms with Gasteiger partial charge in [-0.1, -0.05) is 27.7 Å². The molecule has 0 atom stereocenters. The quantitative estimate of drug-likeness (QED) is 0.571. The van der Waals surface area contributed by atoms with Gasteiger partial charge in [-0.2, -0.15) is 0 Å². The molecule has 0 spiro atoms. The molecule has 1 nitrogen and oxygen atoms in total. The molecular weight excluding hydrogens is 170 g/mol. The van der Waals surface area contributed by atoms with E-state index in [4.69, 9.17) is 0 Å². The topological polar surface area (TPSA) is 3.24 Å². The Balaban J connectivity index is 0.000000791. The molecule has 1 aliphatic rings. The smallest absolute Gasteiger partial charge is 0.0125 e. The molecule has 0 N–H and O–H groups in total. The predicted octanol–water partition coefficient (Wildman–Crippen LogP) is 3.93. The first-order valence-corrected chi connectivity index (χ1v) is 6.06. The van der Waals surface area contributed by atoms with E-state index >= 15 is 0 Å². The molecule has 0 aromatic heterocycles. The van der Waals surface area contributed by atoms with Crippen LogP contribution in [0.1, 0.15) is 61.3 Å². The maximum absolute atomic E-state index is 2.60. The van der Waals surface area contributed by atoms with Crippen molar-refractivity contribution in [3.05, 3.63) is 0 Å². The average Bonchev–Trinajstić information content (AvgIpc) is 2.05. The highest BCUT2D eigenvalue weighted by molar-refractivity contribution is 4.84. The number of nitrogens with zero attached hydrogens (tertiary/aromatic N) is 1. The Labute approximate surface area is 90.9 Å². The van der Waals surface area contributed by atoms with Gasteiger partial charge in [0.25, 0.3) is 0 Å². The number of rotatable bonds is 0. The Hall–Kier alpha value is -0.0400. The maximum Gasteiger partial charge on any atom is 0.0125 e. The number of likely N-dealkylation sites (tertiary alicyclic amines) is 1. The summed E-state index contributed by atoms with van der Waals surface area (Å²) >= 11 is 0. The fourth-order valence-electron chi connectivity index (χ4n) is 1.78. The summed E-state index contributed by atoms with van der Waals surface area (Å²) in [6.45, 7) is 18.2. The van der Waals surface area contributed by atoms with Crippen molar-refractivity contribution in [2.24, 2.45) is 5.41 Å². The number of hydrogen-bond donors (Lipinski definition) is 0. The summed E-state index contributed by atoms with van der Waals surface area (Å²) in [5.41, 5.74) is 0.957. The predicted molar refractivity (Wildman–Crippen MR) is 65.7 cm³/mol. The Bertz CT molecular complexity index is 143. The minimum Gasteiger partial charge on any atom is -0.298 e. The van der Waals surface area contributed by atoms with Gasteiger partial charge < -0.3 is 0 Å². The molecule has 86 valence electrons. The molecule has 0 aromatic rings. The van der Waals surface area contributed by atoms with E-state index in [0.29, 0.717) is 11.0 Å². The lowest BCUT2D eigenvalue weighted by Crippen LogP contribution is -2.47. The molecule has 14 heavy (non-hydrogen) atoms. The zero-order valence-corrected chi connectivity index (χ0v) is 11.3. The van der Waals surface area contributed by atoms with Crippen LogP contribution in [0.25, 0.3) is 0 Å². The molecule has 1 saturated heterocycles. The van der Waals surface area contributed by atoms with Crippen LogP contribution in [-0.2, 0) is 0 Å². The first-order valence-electron chi connectivity index (χ1n) is 6.06. The molecule has 1 rings (SSSR count). The van der Waals surface area contributed by atoms with Crippen molar-refractivity contribution in [1.29, 1.82) is 0 Å². The van der Waals surface area contributed by atoms with Crippen molar-refractivity contribution in [2.75, 3.05) is 13.1 Å². The molecule has 0 aliphatic carbocycles. The van der Waals surface area contributed by atoms with Gasteiger partial charge >= 0.3 is 0 Å². The summed E-state index contributed by atoms with van der Waals surface area (Å²) in [5.74, 6) is 0. The lowest BCUT2D eigenvalue weighted by atomic mass is 9.81. The first kappa shape index (κ1) is 14.0. The Morgan fingerprint density at radius 3 is 1.57 bits per heavy atom. The van der Waals surface area contributed by atoms with E-state index in [1.807, 2.05) is 13.8 Å². The molecule has 0 aromatic carbocycles. The van der Waals surface area contributed by atoms with Crippen LogP contribution >= 0.6 is 0 Å². The number of piperidine rings is 1. The van der Waals surface area contributed by atoms with E-state index in [-0.39, 0.29) is 0 Å². The lowest BCUT2D eigenvalue weighted by Gasteiger charge is -2.43. The molecule has 1 heterocycles. The fraction of sp³-hybridized carbons (Fsp3) is 1.00. The van der Waals surface area contributed by atoms with Crippen molar-refractivity contribution in [2.45, 2.75) is 66.8 Å². The molecule has 0 radical (unpaired) electrons. The van der Waals surface area contributed by atoms with Gasteiger partial charge in [0, 0.05) is 5.54 Å². The van der Waals surface area contributed by atoms with Crippen LogP contribution in [0.4, 0.5) is 0 Å². The SMILES string of the molecule is CC.CC1(C)CCN(C(C)(C)C)CC1. The summed E-state index contributed by atoms with van der Waals surface area (Å²) in [7, 11) is 0. The van der Waals surface area contributed by atoms with Crippen molar-refractivity contribution in [3.63, 3.8) is 0 Å². The minimum absolute atomic E-state index is 0.372. The third-order valence-corrected chi connectivity index (χ3v) is 3.07. The molecule has 0 saturated carbocycles. The van der Waals surface area contributed by atoms with Gasteiger partial charge in [-0.05, 0) is 52.1 Å². The van der Waals surface area contributed by atoms with Crippen LogP contribution in [0, 0.1) is 5.41 Å². The highest BCUT2D eigenvalue weighted by Crippen LogP contribution is 2.32. The third kappa shape index (κ3) is 4.45. The van der Waals surface area contributed by atoms with Crippen molar-refractivity contribution < 1.29 is 0 Å². The second kappa shape index (κ2) is 5.16. The normalized spacial score (nSPS) is 22.5. The van der Waals surface area contributed by atoms with Crippen molar-refractivity contribution >= 4 is 0 Å². The maximum atomic E-state index is 2.60. The molecule has 0 amide bonds. The summed E-state index contributed by atoms with van der Waals surface area (Å²) in [6.07, 6.45) is 2.70. The van der Waals surface area contributed by atoms with E-state index in [1.54, 1.807) is 0 Å². The molecule has 1 heteroatoms. The molecule has 0 bridgehead atoms. The van der Waals surface area contributed by atoms with Gasteiger partial charge in [0.2, 0.25) is 0 Å². The monoisotopic (exact) mass is 199 g/mol. The molecule has 0 unspecified atom stereocenters. The average molecular weight is 199 g/mol. The van der Waals surface area contributed by atoms with Gasteiger partial charge in [0.15, 0.2) is 0 Å². The van der Waals surface area contributed by atoms with E-state index in [2.05, 4.69) is 39.5 Å². The largest absolute Gasteiger partial charge is 0.298 e. The lowest BCUT2D eigenvalue weighted by molar-refractivity contribution is 0.0591. The van der Waals surface area contributed by atoms with Crippen LogP contribution < -0.4 is 0 Å².